The quantitative estimate of drug-likeness (QED) is 0.358. The summed E-state index contributed by atoms with van der Waals surface area (Å²) in [6.07, 6.45) is 3.03. The number of carbonyl (C=O) groups excluding carboxylic acids is 4. The lowest BCUT2D eigenvalue weighted by Crippen LogP contribution is -2.29. The molecule has 0 N–H and O–H groups in total. The lowest BCUT2D eigenvalue weighted by Gasteiger charge is -2.09. The number of nitrogens with zero attached hydrogens (tertiary/aromatic N) is 3. The average Bonchev–Trinajstić information content (AvgIpc) is 3.31. The van der Waals surface area contributed by atoms with Gasteiger partial charge in [-0.2, -0.15) is 0 Å². The van der Waals surface area contributed by atoms with Crippen LogP contribution in [0.4, 0.5) is 0 Å². The number of carbonyl (C=O) groups is 4. The third kappa shape index (κ3) is 3.78. The van der Waals surface area contributed by atoms with E-state index in [2.05, 4.69) is 23.2 Å². The summed E-state index contributed by atoms with van der Waals surface area (Å²) in [5.41, 5.74) is 5.71. The maximum absolute atomic E-state index is 12.6. The highest BCUT2D eigenvalue weighted by Crippen LogP contribution is 2.27. The zero-order chi connectivity index (χ0) is 26.6. The van der Waals surface area contributed by atoms with Crippen LogP contribution in [0.15, 0.2) is 66.9 Å². The van der Waals surface area contributed by atoms with E-state index >= 15 is 0 Å². The molecular formula is C31H25N3O4. The molecule has 3 heterocycles. The predicted molar refractivity (Wildman–Crippen MR) is 142 cm³/mol. The van der Waals surface area contributed by atoms with Gasteiger partial charge in [0.25, 0.3) is 23.6 Å². The van der Waals surface area contributed by atoms with E-state index in [4.69, 9.17) is 0 Å². The molecule has 0 atom stereocenters. The normalized spacial score (nSPS) is 14.6. The lowest BCUT2D eigenvalue weighted by atomic mass is 9.98. The summed E-state index contributed by atoms with van der Waals surface area (Å²) in [6.45, 7) is 4.31. The average molecular weight is 504 g/mol. The van der Waals surface area contributed by atoms with Gasteiger partial charge in [0, 0.05) is 36.8 Å². The molecule has 7 nitrogen and oxygen atoms in total. The van der Waals surface area contributed by atoms with Gasteiger partial charge in [-0.15, -0.1) is 0 Å². The van der Waals surface area contributed by atoms with Crippen LogP contribution in [-0.2, 0) is 12.8 Å². The van der Waals surface area contributed by atoms with E-state index in [1.54, 1.807) is 32.0 Å². The summed E-state index contributed by atoms with van der Waals surface area (Å²) in [4.78, 5) is 57.0. The van der Waals surface area contributed by atoms with Gasteiger partial charge in [-0.1, -0.05) is 24.3 Å². The molecule has 2 aliphatic heterocycles. The molecule has 0 saturated heterocycles. The Morgan fingerprint density at radius 3 is 1.63 bits per heavy atom. The van der Waals surface area contributed by atoms with E-state index in [1.165, 1.54) is 9.80 Å². The van der Waals surface area contributed by atoms with Gasteiger partial charge in [-0.05, 0) is 78.7 Å². The minimum absolute atomic E-state index is 0.227. The molecule has 1 aromatic heterocycles. The van der Waals surface area contributed by atoms with Gasteiger partial charge >= 0.3 is 0 Å². The molecule has 0 spiro atoms. The number of rotatable bonds is 6. The van der Waals surface area contributed by atoms with Crippen LogP contribution in [0.5, 0.6) is 0 Å². The first-order valence-corrected chi connectivity index (χ1v) is 12.7. The first-order chi connectivity index (χ1) is 18.4. The van der Waals surface area contributed by atoms with Crippen molar-refractivity contribution < 1.29 is 19.2 Å². The van der Waals surface area contributed by atoms with Crippen LogP contribution >= 0.6 is 0 Å². The Balaban J connectivity index is 1.21. The third-order valence-corrected chi connectivity index (χ3v) is 7.34. The zero-order valence-electron chi connectivity index (χ0n) is 21.2. The van der Waals surface area contributed by atoms with Crippen LogP contribution in [0.25, 0.3) is 10.8 Å². The van der Waals surface area contributed by atoms with Crippen molar-refractivity contribution in [1.82, 2.24) is 14.8 Å². The molecule has 0 bridgehead atoms. The number of benzene rings is 3. The van der Waals surface area contributed by atoms with Crippen LogP contribution in [-0.4, -0.2) is 51.5 Å². The maximum Gasteiger partial charge on any atom is 0.261 e. The zero-order valence-corrected chi connectivity index (χ0v) is 21.2. The Hall–Kier alpha value is -4.65. The molecule has 7 heteroatoms. The van der Waals surface area contributed by atoms with Crippen molar-refractivity contribution in [3.63, 3.8) is 0 Å². The van der Waals surface area contributed by atoms with Crippen LogP contribution < -0.4 is 0 Å². The van der Waals surface area contributed by atoms with Crippen molar-refractivity contribution in [3.8, 4) is 0 Å². The Kier molecular flexibility index (Phi) is 5.64. The van der Waals surface area contributed by atoms with Crippen molar-refractivity contribution in [2.75, 3.05) is 13.1 Å². The number of hydrogen-bond acceptors (Lipinski definition) is 5. The second-order valence-corrected chi connectivity index (χ2v) is 9.68. The summed E-state index contributed by atoms with van der Waals surface area (Å²) in [6, 6.07) is 19.1. The number of imide groups is 2. The Morgan fingerprint density at radius 2 is 1.05 bits per heavy atom. The highest BCUT2D eigenvalue weighted by Gasteiger charge is 2.35. The molecule has 38 heavy (non-hydrogen) atoms. The monoisotopic (exact) mass is 503 g/mol. The summed E-state index contributed by atoms with van der Waals surface area (Å²) >= 11 is 0. The van der Waals surface area contributed by atoms with Crippen LogP contribution in [0, 0.1) is 0 Å². The van der Waals surface area contributed by atoms with E-state index in [0.29, 0.717) is 48.2 Å². The molecule has 4 amide bonds. The topological polar surface area (TPSA) is 87.7 Å². The standard InChI is InChI=1S/C31H25N3O4/c1-3-33-28(35)24-9-6-19(14-26(24)30(33)37)11-18-5-8-21-16-23(32-17-22(21)12-18)13-20-7-10-25-27(15-20)31(38)34(4-2)29(25)36/h5-10,12,14-17H,3-4,11,13H2,1-2H3. The molecule has 0 fully saturated rings. The molecule has 0 aliphatic carbocycles. The van der Waals surface area contributed by atoms with Gasteiger partial charge < -0.3 is 0 Å². The molecule has 4 aromatic rings. The number of fused-ring (bicyclic) bond motifs is 3. The molecule has 3 aromatic carbocycles. The van der Waals surface area contributed by atoms with Gasteiger partial charge in [-0.3, -0.25) is 34.0 Å². The summed E-state index contributed by atoms with van der Waals surface area (Å²) in [5.74, 6) is -0.932. The fourth-order valence-electron chi connectivity index (χ4n) is 5.36. The van der Waals surface area contributed by atoms with Crippen LogP contribution in [0.2, 0.25) is 0 Å². The van der Waals surface area contributed by atoms with Gasteiger partial charge in [-0.25, -0.2) is 0 Å². The largest absolute Gasteiger partial charge is 0.275 e. The van der Waals surface area contributed by atoms with E-state index in [1.807, 2.05) is 30.5 Å². The Labute approximate surface area is 219 Å². The number of pyridine rings is 1. The van der Waals surface area contributed by atoms with E-state index in [0.717, 1.165) is 33.2 Å². The number of amides is 4. The molecule has 0 radical (unpaired) electrons. The van der Waals surface area contributed by atoms with Gasteiger partial charge in [0.05, 0.1) is 22.3 Å². The minimum Gasteiger partial charge on any atom is -0.275 e. The molecule has 6 rings (SSSR count). The smallest absolute Gasteiger partial charge is 0.261 e. The molecule has 188 valence electrons. The van der Waals surface area contributed by atoms with Crippen LogP contribution in [0.3, 0.4) is 0 Å². The SMILES string of the molecule is CCN1C(=O)c2ccc(Cc3ccc4cc(Cc5ccc6c(c5)C(=O)N(CC)C6=O)ncc4c3)cc2C1=O. The van der Waals surface area contributed by atoms with Gasteiger partial charge in [0.2, 0.25) is 0 Å². The van der Waals surface area contributed by atoms with Crippen molar-refractivity contribution >= 4 is 34.4 Å². The number of hydrogen-bond donors (Lipinski definition) is 0. The second kappa shape index (κ2) is 9.03. The maximum atomic E-state index is 12.6. The number of aromatic nitrogens is 1. The summed E-state index contributed by atoms with van der Waals surface area (Å²) in [5, 5.41) is 2.06. The molecular weight excluding hydrogens is 478 g/mol. The van der Waals surface area contributed by atoms with E-state index in [-0.39, 0.29) is 23.6 Å². The van der Waals surface area contributed by atoms with Crippen molar-refractivity contribution in [2.24, 2.45) is 0 Å². The van der Waals surface area contributed by atoms with Crippen LogP contribution in [0.1, 0.15) is 77.7 Å². The Morgan fingerprint density at radius 1 is 0.553 bits per heavy atom. The van der Waals surface area contributed by atoms with Crippen molar-refractivity contribution in [3.05, 3.63) is 111 Å². The summed E-state index contributed by atoms with van der Waals surface area (Å²) in [7, 11) is 0. The van der Waals surface area contributed by atoms with Gasteiger partial charge in [0.15, 0.2) is 0 Å². The van der Waals surface area contributed by atoms with Crippen molar-refractivity contribution in [2.45, 2.75) is 26.7 Å². The van der Waals surface area contributed by atoms with E-state index in [9.17, 15) is 19.2 Å². The third-order valence-electron chi connectivity index (χ3n) is 7.34. The van der Waals surface area contributed by atoms with E-state index < -0.39 is 0 Å². The molecule has 0 saturated carbocycles. The second-order valence-electron chi connectivity index (χ2n) is 9.68. The fraction of sp³-hybridized carbons (Fsp3) is 0.194. The highest BCUT2D eigenvalue weighted by atomic mass is 16.2. The lowest BCUT2D eigenvalue weighted by molar-refractivity contribution is 0.0647. The molecule has 2 aliphatic rings. The summed E-state index contributed by atoms with van der Waals surface area (Å²) < 4.78 is 0. The predicted octanol–water partition coefficient (Wildman–Crippen LogP) is 4.65. The first-order valence-electron chi connectivity index (χ1n) is 12.7. The molecule has 0 unspecified atom stereocenters. The van der Waals surface area contributed by atoms with Crippen molar-refractivity contribution in [1.29, 1.82) is 0 Å². The first kappa shape index (κ1) is 23.7. The van der Waals surface area contributed by atoms with Gasteiger partial charge in [0.1, 0.15) is 0 Å². The Bertz CT molecular complexity index is 1570. The fourth-order valence-corrected chi connectivity index (χ4v) is 5.36. The highest BCUT2D eigenvalue weighted by molar-refractivity contribution is 6.22. The minimum atomic E-state index is -0.240.